The number of nitrogens with one attached hydrogen (secondary N) is 1. The lowest BCUT2D eigenvalue weighted by Crippen LogP contribution is -2.16. The van der Waals surface area contributed by atoms with Gasteiger partial charge in [0.2, 0.25) is 5.91 Å². The van der Waals surface area contributed by atoms with Crippen molar-refractivity contribution in [1.82, 2.24) is 0 Å². The highest BCUT2D eigenvalue weighted by atomic mass is 16.5. The smallest absolute Gasteiger partial charge is 0.339 e. The predicted molar refractivity (Wildman–Crippen MR) is 72.4 cm³/mol. The van der Waals surface area contributed by atoms with Crippen LogP contribution in [0.15, 0.2) is 18.2 Å². The van der Waals surface area contributed by atoms with Crippen LogP contribution in [-0.4, -0.2) is 32.1 Å². The van der Waals surface area contributed by atoms with Crippen molar-refractivity contribution in [2.45, 2.75) is 19.8 Å². The predicted octanol–water partition coefficient (Wildman–Crippen LogP) is 1.67. The minimum atomic E-state index is -0.531. The van der Waals surface area contributed by atoms with Crippen molar-refractivity contribution < 1.29 is 23.9 Å². The van der Waals surface area contributed by atoms with Crippen LogP contribution >= 0.6 is 0 Å². The highest BCUT2D eigenvalue weighted by Crippen LogP contribution is 2.18. The first-order valence-electron chi connectivity index (χ1n) is 6.03. The van der Waals surface area contributed by atoms with Gasteiger partial charge in [0, 0.05) is 6.42 Å². The number of amides is 1. The van der Waals surface area contributed by atoms with Crippen LogP contribution in [0.25, 0.3) is 0 Å². The molecule has 0 aliphatic carbocycles. The summed E-state index contributed by atoms with van der Waals surface area (Å²) in [5.41, 5.74) is 1.51. The number of anilines is 1. The number of benzene rings is 1. The molecule has 108 valence electrons. The molecule has 0 spiro atoms. The number of methoxy groups -OCH3 is 2. The molecule has 0 radical (unpaired) electrons. The third kappa shape index (κ3) is 4.38. The summed E-state index contributed by atoms with van der Waals surface area (Å²) in [5, 5.41) is 2.58. The number of esters is 2. The molecule has 0 aromatic heterocycles. The average molecular weight is 279 g/mol. The molecule has 20 heavy (non-hydrogen) atoms. The molecule has 0 saturated carbocycles. The van der Waals surface area contributed by atoms with Gasteiger partial charge in [-0.1, -0.05) is 11.6 Å². The Hall–Kier alpha value is -2.37. The summed E-state index contributed by atoms with van der Waals surface area (Å²) in [6.07, 6.45) is -0.0249. The molecule has 0 unspecified atom stereocenters. The molecule has 0 bridgehead atoms. The van der Waals surface area contributed by atoms with E-state index >= 15 is 0 Å². The van der Waals surface area contributed by atoms with E-state index in [0.717, 1.165) is 5.56 Å². The molecule has 0 saturated heterocycles. The van der Waals surface area contributed by atoms with Gasteiger partial charge in [0.05, 0.1) is 31.9 Å². The molecule has 0 atom stereocenters. The number of carbonyl (C=O) groups excluding carboxylic acids is 3. The Morgan fingerprint density at radius 1 is 1.10 bits per heavy atom. The SMILES string of the molecule is COC(=O)CCC(=O)Nc1ccc(C)cc1C(=O)OC. The Bertz CT molecular complexity index is 524. The van der Waals surface area contributed by atoms with E-state index in [9.17, 15) is 14.4 Å². The number of ether oxygens (including phenoxy) is 2. The van der Waals surface area contributed by atoms with Gasteiger partial charge >= 0.3 is 11.9 Å². The molecular formula is C14H17NO5. The van der Waals surface area contributed by atoms with Crippen molar-refractivity contribution in [1.29, 1.82) is 0 Å². The third-order valence-corrected chi connectivity index (χ3v) is 2.64. The van der Waals surface area contributed by atoms with Gasteiger partial charge < -0.3 is 14.8 Å². The molecule has 0 fully saturated rings. The first kappa shape index (κ1) is 15.7. The highest BCUT2D eigenvalue weighted by molar-refractivity contribution is 6.01. The van der Waals surface area contributed by atoms with E-state index in [2.05, 4.69) is 14.8 Å². The van der Waals surface area contributed by atoms with Gasteiger partial charge in [-0.3, -0.25) is 9.59 Å². The molecular weight excluding hydrogens is 262 g/mol. The maximum atomic E-state index is 11.7. The van der Waals surface area contributed by atoms with E-state index in [4.69, 9.17) is 0 Å². The van der Waals surface area contributed by atoms with Crippen molar-refractivity contribution in [3.05, 3.63) is 29.3 Å². The lowest BCUT2D eigenvalue weighted by molar-refractivity contribution is -0.141. The van der Waals surface area contributed by atoms with Crippen molar-refractivity contribution in [3.63, 3.8) is 0 Å². The second kappa shape index (κ2) is 7.28. The summed E-state index contributed by atoms with van der Waals surface area (Å²) in [4.78, 5) is 34.3. The van der Waals surface area contributed by atoms with Crippen LogP contribution < -0.4 is 5.32 Å². The lowest BCUT2D eigenvalue weighted by Gasteiger charge is -2.10. The van der Waals surface area contributed by atoms with Crippen LogP contribution in [0.4, 0.5) is 5.69 Å². The molecule has 0 aliphatic rings. The Balaban J connectivity index is 2.79. The largest absolute Gasteiger partial charge is 0.469 e. The normalized spacial score (nSPS) is 9.75. The van der Waals surface area contributed by atoms with Crippen molar-refractivity contribution in [3.8, 4) is 0 Å². The van der Waals surface area contributed by atoms with Gasteiger partial charge in [-0.15, -0.1) is 0 Å². The minimum Gasteiger partial charge on any atom is -0.469 e. The van der Waals surface area contributed by atoms with Crippen LogP contribution in [0, 0.1) is 6.92 Å². The third-order valence-electron chi connectivity index (χ3n) is 2.64. The number of aryl methyl sites for hydroxylation is 1. The van der Waals surface area contributed by atoms with Gasteiger partial charge in [-0.05, 0) is 19.1 Å². The zero-order valence-electron chi connectivity index (χ0n) is 11.7. The van der Waals surface area contributed by atoms with E-state index in [0.29, 0.717) is 5.69 Å². The molecule has 0 heterocycles. The Labute approximate surface area is 117 Å². The summed E-state index contributed by atoms with van der Waals surface area (Å²) < 4.78 is 9.12. The molecule has 1 aromatic carbocycles. The van der Waals surface area contributed by atoms with Gasteiger partial charge in [0.15, 0.2) is 0 Å². The molecule has 6 heteroatoms. The maximum Gasteiger partial charge on any atom is 0.339 e. The van der Waals surface area contributed by atoms with E-state index in [-0.39, 0.29) is 24.3 Å². The second-order valence-corrected chi connectivity index (χ2v) is 4.16. The minimum absolute atomic E-state index is 0.0122. The van der Waals surface area contributed by atoms with Crippen LogP contribution in [0.2, 0.25) is 0 Å². The molecule has 6 nitrogen and oxygen atoms in total. The van der Waals surface area contributed by atoms with Crippen molar-refractivity contribution in [2.24, 2.45) is 0 Å². The second-order valence-electron chi connectivity index (χ2n) is 4.16. The fourth-order valence-electron chi connectivity index (χ4n) is 1.58. The van der Waals surface area contributed by atoms with E-state index in [1.807, 2.05) is 6.92 Å². The lowest BCUT2D eigenvalue weighted by atomic mass is 10.1. The zero-order chi connectivity index (χ0) is 15.1. The summed E-state index contributed by atoms with van der Waals surface area (Å²) >= 11 is 0. The van der Waals surface area contributed by atoms with Crippen LogP contribution in [-0.2, 0) is 19.1 Å². The topological polar surface area (TPSA) is 81.7 Å². The van der Waals surface area contributed by atoms with E-state index in [1.54, 1.807) is 18.2 Å². The number of carbonyl (C=O) groups is 3. The summed E-state index contributed by atoms with van der Waals surface area (Å²) in [6, 6.07) is 5.02. The molecule has 1 aromatic rings. The summed E-state index contributed by atoms with van der Waals surface area (Å²) in [6.45, 7) is 1.83. The number of hydrogen-bond acceptors (Lipinski definition) is 5. The van der Waals surface area contributed by atoms with Crippen molar-refractivity contribution >= 4 is 23.5 Å². The fourth-order valence-corrected chi connectivity index (χ4v) is 1.58. The summed E-state index contributed by atoms with van der Waals surface area (Å²) in [7, 11) is 2.53. The standard InChI is InChI=1S/C14H17NO5/c1-9-4-5-11(10(8-9)14(18)20-3)15-12(16)6-7-13(17)19-2/h4-5,8H,6-7H2,1-3H3,(H,15,16). The van der Waals surface area contributed by atoms with Crippen LogP contribution in [0.5, 0.6) is 0 Å². The maximum absolute atomic E-state index is 11.7. The van der Waals surface area contributed by atoms with E-state index in [1.165, 1.54) is 14.2 Å². The first-order valence-corrected chi connectivity index (χ1v) is 6.03. The quantitative estimate of drug-likeness (QED) is 0.829. The molecule has 1 rings (SSSR count). The number of rotatable bonds is 5. The Morgan fingerprint density at radius 3 is 2.40 bits per heavy atom. The zero-order valence-corrected chi connectivity index (χ0v) is 11.7. The van der Waals surface area contributed by atoms with E-state index < -0.39 is 11.9 Å². The summed E-state index contributed by atoms with van der Waals surface area (Å²) in [5.74, 6) is -1.36. The Kier molecular flexibility index (Phi) is 5.71. The van der Waals surface area contributed by atoms with Gasteiger partial charge in [-0.2, -0.15) is 0 Å². The molecule has 1 N–H and O–H groups in total. The molecule has 0 aliphatic heterocycles. The van der Waals surface area contributed by atoms with Crippen LogP contribution in [0.3, 0.4) is 0 Å². The number of hydrogen-bond donors (Lipinski definition) is 1. The Morgan fingerprint density at radius 2 is 1.80 bits per heavy atom. The van der Waals surface area contributed by atoms with Gasteiger partial charge in [-0.25, -0.2) is 4.79 Å². The highest BCUT2D eigenvalue weighted by Gasteiger charge is 2.14. The monoisotopic (exact) mass is 279 g/mol. The molecule has 1 amide bonds. The van der Waals surface area contributed by atoms with Gasteiger partial charge in [0.1, 0.15) is 0 Å². The fraction of sp³-hybridized carbons (Fsp3) is 0.357. The first-order chi connectivity index (χ1) is 9.47. The van der Waals surface area contributed by atoms with Crippen LogP contribution in [0.1, 0.15) is 28.8 Å². The average Bonchev–Trinajstić information content (AvgIpc) is 2.45. The van der Waals surface area contributed by atoms with Gasteiger partial charge in [0.25, 0.3) is 0 Å². The van der Waals surface area contributed by atoms with Crippen molar-refractivity contribution in [2.75, 3.05) is 19.5 Å².